The Balaban J connectivity index is 2.95. The second kappa shape index (κ2) is 6.45. The van der Waals surface area contributed by atoms with E-state index in [1.54, 1.807) is 20.8 Å². The van der Waals surface area contributed by atoms with E-state index in [0.29, 0.717) is 13.0 Å². The van der Waals surface area contributed by atoms with Gasteiger partial charge in [0.05, 0.1) is 12.6 Å². The van der Waals surface area contributed by atoms with E-state index in [0.717, 1.165) is 0 Å². The SMILES string of the molecule is CC(C)(C)OC(=O)N1C(=O)C(C)(C)C[C@H]1CO[Si](C)(C)C(C)(C)C. The molecule has 2 amide bonds. The van der Waals surface area contributed by atoms with Crippen LogP contribution in [0.4, 0.5) is 4.79 Å². The van der Waals surface area contributed by atoms with E-state index < -0.39 is 25.4 Å². The number of rotatable bonds is 3. The third-order valence-electron chi connectivity index (χ3n) is 4.94. The first-order chi connectivity index (χ1) is 10.5. The molecule has 1 aliphatic rings. The Bertz CT molecular complexity index is 500. The van der Waals surface area contributed by atoms with Gasteiger partial charge in [0.1, 0.15) is 5.60 Å². The molecule has 1 fully saturated rings. The van der Waals surface area contributed by atoms with Gasteiger partial charge < -0.3 is 9.16 Å². The average molecular weight is 358 g/mol. The predicted octanol–water partition coefficient (Wildman–Crippen LogP) is 4.57. The van der Waals surface area contributed by atoms with E-state index in [1.165, 1.54) is 4.90 Å². The molecule has 1 atom stereocenters. The Morgan fingerprint density at radius 1 is 1.21 bits per heavy atom. The standard InChI is InChI=1S/C18H35NO4Si/c1-16(2,3)23-15(21)19-13(11-18(7,8)14(19)20)12-22-24(9,10)17(4,5)6/h13H,11-12H2,1-10H3/t13-/m0/s1. The normalized spacial score (nSPS) is 22.0. The topological polar surface area (TPSA) is 55.8 Å². The number of nitrogens with zero attached hydrogens (tertiary/aromatic N) is 1. The van der Waals surface area contributed by atoms with Crippen LogP contribution >= 0.6 is 0 Å². The number of ether oxygens (including phenoxy) is 1. The highest BCUT2D eigenvalue weighted by atomic mass is 28.4. The van der Waals surface area contributed by atoms with Gasteiger partial charge in [-0.25, -0.2) is 9.69 Å². The van der Waals surface area contributed by atoms with E-state index in [1.807, 2.05) is 13.8 Å². The molecule has 0 aromatic rings. The first kappa shape index (κ1) is 21.2. The van der Waals surface area contributed by atoms with E-state index in [-0.39, 0.29) is 17.0 Å². The Morgan fingerprint density at radius 3 is 2.12 bits per heavy atom. The highest BCUT2D eigenvalue weighted by Gasteiger charge is 2.50. The van der Waals surface area contributed by atoms with Gasteiger partial charge in [0.25, 0.3) is 0 Å². The van der Waals surface area contributed by atoms with E-state index in [9.17, 15) is 9.59 Å². The van der Waals surface area contributed by atoms with Crippen molar-refractivity contribution < 1.29 is 18.8 Å². The number of hydrogen-bond donors (Lipinski definition) is 0. The maximum Gasteiger partial charge on any atom is 0.417 e. The van der Waals surface area contributed by atoms with Crippen molar-refractivity contribution in [3.05, 3.63) is 0 Å². The van der Waals surface area contributed by atoms with Crippen LogP contribution in [-0.2, 0) is 14.0 Å². The van der Waals surface area contributed by atoms with Crippen molar-refractivity contribution in [3.8, 4) is 0 Å². The van der Waals surface area contributed by atoms with Gasteiger partial charge in [-0.15, -0.1) is 0 Å². The number of likely N-dealkylation sites (tertiary alicyclic amines) is 1. The van der Waals surface area contributed by atoms with Crippen molar-refractivity contribution in [2.75, 3.05) is 6.61 Å². The third-order valence-corrected chi connectivity index (χ3v) is 9.44. The van der Waals surface area contributed by atoms with E-state index in [4.69, 9.17) is 9.16 Å². The van der Waals surface area contributed by atoms with Crippen molar-refractivity contribution in [2.24, 2.45) is 5.41 Å². The minimum absolute atomic E-state index is 0.0852. The summed E-state index contributed by atoms with van der Waals surface area (Å²) in [5.74, 6) is -0.180. The zero-order chi connectivity index (χ0) is 19.1. The highest BCUT2D eigenvalue weighted by Crippen LogP contribution is 2.40. The monoisotopic (exact) mass is 357 g/mol. The van der Waals surface area contributed by atoms with Gasteiger partial charge in [0.2, 0.25) is 5.91 Å². The zero-order valence-electron chi connectivity index (χ0n) is 17.1. The number of imide groups is 1. The van der Waals surface area contributed by atoms with Crippen molar-refractivity contribution >= 4 is 20.3 Å². The van der Waals surface area contributed by atoms with Crippen molar-refractivity contribution in [1.82, 2.24) is 4.90 Å². The molecule has 0 spiro atoms. The fourth-order valence-corrected chi connectivity index (χ4v) is 3.50. The highest BCUT2D eigenvalue weighted by molar-refractivity contribution is 6.74. The van der Waals surface area contributed by atoms with Crippen molar-refractivity contribution in [2.45, 2.75) is 91.6 Å². The number of carbonyl (C=O) groups is 2. The van der Waals surface area contributed by atoms with Crippen LogP contribution in [0, 0.1) is 5.41 Å². The van der Waals surface area contributed by atoms with Crippen LogP contribution in [0.5, 0.6) is 0 Å². The molecule has 0 aliphatic carbocycles. The lowest BCUT2D eigenvalue weighted by Crippen LogP contribution is -2.48. The molecule has 0 radical (unpaired) electrons. The summed E-state index contributed by atoms with van der Waals surface area (Å²) in [6.45, 7) is 20.4. The first-order valence-electron chi connectivity index (χ1n) is 8.68. The van der Waals surface area contributed by atoms with Gasteiger partial charge in [0.15, 0.2) is 8.32 Å². The lowest BCUT2D eigenvalue weighted by Gasteiger charge is -2.37. The summed E-state index contributed by atoms with van der Waals surface area (Å²) >= 11 is 0. The lowest BCUT2D eigenvalue weighted by atomic mass is 9.90. The van der Waals surface area contributed by atoms with Crippen LogP contribution in [0.3, 0.4) is 0 Å². The van der Waals surface area contributed by atoms with Crippen LogP contribution < -0.4 is 0 Å². The number of hydrogen-bond acceptors (Lipinski definition) is 4. The Kier molecular flexibility index (Phi) is 5.68. The predicted molar refractivity (Wildman–Crippen MR) is 98.4 cm³/mol. The minimum atomic E-state index is -1.94. The van der Waals surface area contributed by atoms with Gasteiger partial charge in [0, 0.05) is 5.41 Å². The van der Waals surface area contributed by atoms with Crippen LogP contribution in [0.25, 0.3) is 0 Å². The molecule has 0 aromatic heterocycles. The molecule has 140 valence electrons. The summed E-state index contributed by atoms with van der Waals surface area (Å²) in [5, 5.41) is 0.0852. The summed E-state index contributed by atoms with van der Waals surface area (Å²) in [6, 6.07) is -0.267. The quantitative estimate of drug-likeness (QED) is 0.694. The summed E-state index contributed by atoms with van der Waals surface area (Å²) in [5.41, 5.74) is -1.20. The van der Waals surface area contributed by atoms with E-state index in [2.05, 4.69) is 33.9 Å². The summed E-state index contributed by atoms with van der Waals surface area (Å²) in [6.07, 6.45) is 0.0292. The minimum Gasteiger partial charge on any atom is -0.443 e. The Labute approximate surface area is 148 Å². The average Bonchev–Trinajstić information content (AvgIpc) is 2.54. The van der Waals surface area contributed by atoms with Crippen LogP contribution in [0.15, 0.2) is 0 Å². The molecule has 0 N–H and O–H groups in total. The molecule has 1 saturated heterocycles. The lowest BCUT2D eigenvalue weighted by molar-refractivity contribution is -0.134. The zero-order valence-corrected chi connectivity index (χ0v) is 18.1. The molecular weight excluding hydrogens is 322 g/mol. The first-order valence-corrected chi connectivity index (χ1v) is 11.6. The molecule has 1 heterocycles. The van der Waals surface area contributed by atoms with Crippen LogP contribution in [0.1, 0.15) is 61.8 Å². The molecule has 1 aliphatic heterocycles. The molecule has 0 aromatic carbocycles. The second-order valence-corrected chi connectivity index (χ2v) is 14.8. The Morgan fingerprint density at radius 2 is 1.71 bits per heavy atom. The van der Waals surface area contributed by atoms with Gasteiger partial charge in [-0.3, -0.25) is 4.79 Å². The molecule has 5 nitrogen and oxygen atoms in total. The molecule has 1 rings (SSSR count). The molecule has 0 unspecified atom stereocenters. The van der Waals surface area contributed by atoms with Gasteiger partial charge in [-0.2, -0.15) is 0 Å². The van der Waals surface area contributed by atoms with Crippen LogP contribution in [0.2, 0.25) is 18.1 Å². The largest absolute Gasteiger partial charge is 0.443 e. The molecule has 6 heteroatoms. The number of amides is 2. The maximum atomic E-state index is 12.7. The molecule has 0 bridgehead atoms. The fourth-order valence-electron chi connectivity index (χ4n) is 2.46. The van der Waals surface area contributed by atoms with Gasteiger partial charge in [-0.05, 0) is 45.3 Å². The molecule has 0 saturated carbocycles. The van der Waals surface area contributed by atoms with Crippen molar-refractivity contribution in [1.29, 1.82) is 0 Å². The third kappa shape index (κ3) is 4.82. The maximum absolute atomic E-state index is 12.7. The summed E-state index contributed by atoms with van der Waals surface area (Å²) < 4.78 is 11.7. The smallest absolute Gasteiger partial charge is 0.417 e. The molecule has 24 heavy (non-hydrogen) atoms. The Hall–Kier alpha value is -0.883. The molecular formula is C18H35NO4Si. The van der Waals surface area contributed by atoms with Crippen molar-refractivity contribution in [3.63, 3.8) is 0 Å². The number of carbonyl (C=O) groups excluding carboxylic acids is 2. The van der Waals surface area contributed by atoms with Gasteiger partial charge >= 0.3 is 6.09 Å². The second-order valence-electron chi connectivity index (χ2n) is 9.97. The van der Waals surface area contributed by atoms with Gasteiger partial charge in [-0.1, -0.05) is 34.6 Å². The fraction of sp³-hybridized carbons (Fsp3) is 0.889. The van der Waals surface area contributed by atoms with Crippen LogP contribution in [-0.4, -0.2) is 43.5 Å². The summed E-state index contributed by atoms with van der Waals surface area (Å²) in [4.78, 5) is 26.5. The summed E-state index contributed by atoms with van der Waals surface area (Å²) in [7, 11) is -1.94. The van der Waals surface area contributed by atoms with E-state index >= 15 is 0 Å².